The summed E-state index contributed by atoms with van der Waals surface area (Å²) in [6, 6.07) is 1.28. The summed E-state index contributed by atoms with van der Waals surface area (Å²) in [5.41, 5.74) is 2.69. The lowest BCUT2D eigenvalue weighted by atomic mass is 9.95. The fourth-order valence-corrected chi connectivity index (χ4v) is 3.69. The summed E-state index contributed by atoms with van der Waals surface area (Å²) < 4.78 is 15.8. The molecule has 0 amide bonds. The van der Waals surface area contributed by atoms with Crippen molar-refractivity contribution in [2.75, 3.05) is 26.1 Å². The number of rotatable bonds is 8. The SMILES string of the molecule is CCOc1cc(-c2c(C(=O)O)c(N)[nH]c(=O)c2C(=O)O)c(Br)c(Br)c1OCC(=O)OC. The first-order valence-corrected chi connectivity index (χ1v) is 10.0. The average molecular weight is 564 g/mol. The summed E-state index contributed by atoms with van der Waals surface area (Å²) in [7, 11) is 1.18. The van der Waals surface area contributed by atoms with Crippen molar-refractivity contribution in [3.63, 3.8) is 0 Å². The van der Waals surface area contributed by atoms with E-state index < -0.39 is 52.6 Å². The zero-order valence-corrected chi connectivity index (χ0v) is 19.2. The number of pyridine rings is 1. The van der Waals surface area contributed by atoms with Gasteiger partial charge in [0.2, 0.25) is 0 Å². The monoisotopic (exact) mass is 562 g/mol. The highest BCUT2D eigenvalue weighted by Gasteiger charge is 2.30. The number of carboxylic acid groups (broad SMARTS) is 2. The predicted octanol–water partition coefficient (Wildman–Crippen LogP) is 2.50. The number of carbonyl (C=O) groups excluding carboxylic acids is 1. The minimum absolute atomic E-state index is 0.0201. The highest BCUT2D eigenvalue weighted by molar-refractivity contribution is 9.13. The Labute approximate surface area is 191 Å². The van der Waals surface area contributed by atoms with Gasteiger partial charge in [0.1, 0.15) is 16.9 Å². The normalized spacial score (nSPS) is 10.5. The highest BCUT2D eigenvalue weighted by atomic mass is 79.9. The van der Waals surface area contributed by atoms with E-state index in [0.717, 1.165) is 0 Å². The number of hydrogen-bond donors (Lipinski definition) is 4. The molecule has 0 saturated heterocycles. The van der Waals surface area contributed by atoms with Crippen LogP contribution in [0.1, 0.15) is 27.6 Å². The predicted molar refractivity (Wildman–Crippen MR) is 115 cm³/mol. The second kappa shape index (κ2) is 9.83. The van der Waals surface area contributed by atoms with Crippen LogP contribution in [0, 0.1) is 0 Å². The number of carbonyl (C=O) groups is 3. The van der Waals surface area contributed by atoms with Gasteiger partial charge in [-0.1, -0.05) is 0 Å². The molecule has 0 spiro atoms. The van der Waals surface area contributed by atoms with Crippen LogP contribution in [-0.4, -0.2) is 53.4 Å². The molecule has 0 atom stereocenters. The molecule has 0 radical (unpaired) electrons. The highest BCUT2D eigenvalue weighted by Crippen LogP contribution is 2.47. The van der Waals surface area contributed by atoms with Gasteiger partial charge in [0.15, 0.2) is 18.1 Å². The first-order chi connectivity index (χ1) is 14.5. The minimum Gasteiger partial charge on any atom is -0.490 e. The van der Waals surface area contributed by atoms with E-state index >= 15 is 0 Å². The minimum atomic E-state index is -1.66. The van der Waals surface area contributed by atoms with E-state index in [-0.39, 0.29) is 32.6 Å². The Morgan fingerprint density at radius 3 is 2.23 bits per heavy atom. The van der Waals surface area contributed by atoms with E-state index in [4.69, 9.17) is 15.2 Å². The number of nitrogen functional groups attached to an aromatic ring is 1. The Morgan fingerprint density at radius 1 is 1.10 bits per heavy atom. The molecular weight excluding hydrogens is 548 g/mol. The molecule has 5 N–H and O–H groups in total. The molecule has 1 aromatic carbocycles. The number of carboxylic acids is 2. The van der Waals surface area contributed by atoms with Crippen LogP contribution in [0.2, 0.25) is 0 Å². The fourth-order valence-electron chi connectivity index (χ4n) is 2.67. The first kappa shape index (κ1) is 24.2. The topological polar surface area (TPSA) is 178 Å². The molecule has 11 nitrogen and oxygen atoms in total. The van der Waals surface area contributed by atoms with Crippen molar-refractivity contribution in [1.29, 1.82) is 0 Å². The molecule has 0 aliphatic rings. The lowest BCUT2D eigenvalue weighted by molar-refractivity contribution is -0.142. The van der Waals surface area contributed by atoms with E-state index in [9.17, 15) is 29.4 Å². The van der Waals surface area contributed by atoms with Crippen LogP contribution in [0.4, 0.5) is 5.82 Å². The molecule has 0 aliphatic carbocycles. The summed E-state index contributed by atoms with van der Waals surface area (Å²) in [6.45, 7) is 1.35. The number of aromatic amines is 1. The maximum Gasteiger partial charge on any atom is 0.343 e. The smallest absolute Gasteiger partial charge is 0.343 e. The Bertz CT molecular complexity index is 1130. The van der Waals surface area contributed by atoms with Crippen LogP contribution in [0.3, 0.4) is 0 Å². The van der Waals surface area contributed by atoms with Crippen LogP contribution < -0.4 is 20.8 Å². The van der Waals surface area contributed by atoms with Crippen LogP contribution in [0.5, 0.6) is 11.5 Å². The van der Waals surface area contributed by atoms with Gasteiger partial charge in [-0.25, -0.2) is 14.4 Å². The van der Waals surface area contributed by atoms with Crippen molar-refractivity contribution in [3.8, 4) is 22.6 Å². The van der Waals surface area contributed by atoms with Crippen molar-refractivity contribution in [2.24, 2.45) is 0 Å². The third-order valence-corrected chi connectivity index (χ3v) is 6.04. The maximum absolute atomic E-state index is 12.3. The number of anilines is 1. The van der Waals surface area contributed by atoms with Crippen molar-refractivity contribution >= 4 is 55.6 Å². The van der Waals surface area contributed by atoms with Crippen molar-refractivity contribution in [1.82, 2.24) is 4.98 Å². The summed E-state index contributed by atoms with van der Waals surface area (Å²) in [5, 5.41) is 19.2. The third-order valence-electron chi connectivity index (χ3n) is 3.93. The summed E-state index contributed by atoms with van der Waals surface area (Å²) >= 11 is 6.52. The van der Waals surface area contributed by atoms with Crippen LogP contribution in [0.25, 0.3) is 11.1 Å². The molecule has 31 heavy (non-hydrogen) atoms. The van der Waals surface area contributed by atoms with Gasteiger partial charge in [0.05, 0.1) is 18.2 Å². The second-order valence-electron chi connectivity index (χ2n) is 5.78. The zero-order valence-electron chi connectivity index (χ0n) is 16.1. The number of nitrogens with one attached hydrogen (secondary N) is 1. The molecule has 0 unspecified atom stereocenters. The van der Waals surface area contributed by atoms with Gasteiger partial charge in [-0.05, 0) is 44.8 Å². The molecule has 1 heterocycles. The van der Waals surface area contributed by atoms with E-state index in [0.29, 0.717) is 0 Å². The van der Waals surface area contributed by atoms with Gasteiger partial charge in [-0.3, -0.25) is 4.79 Å². The molecule has 166 valence electrons. The molecule has 0 aliphatic heterocycles. The lowest BCUT2D eigenvalue weighted by Crippen LogP contribution is -2.24. The van der Waals surface area contributed by atoms with Gasteiger partial charge in [0.25, 0.3) is 5.56 Å². The van der Waals surface area contributed by atoms with Gasteiger partial charge in [0, 0.05) is 15.6 Å². The lowest BCUT2D eigenvalue weighted by Gasteiger charge is -2.19. The van der Waals surface area contributed by atoms with Crippen LogP contribution >= 0.6 is 31.9 Å². The molecular formula is C18H16Br2N2O9. The number of hydrogen-bond acceptors (Lipinski definition) is 8. The van der Waals surface area contributed by atoms with Crippen molar-refractivity contribution < 1.29 is 38.8 Å². The Kier molecular flexibility index (Phi) is 7.68. The molecule has 0 saturated carbocycles. The van der Waals surface area contributed by atoms with Crippen LogP contribution in [-0.2, 0) is 9.53 Å². The molecule has 0 bridgehead atoms. The Hall–Kier alpha value is -3.06. The van der Waals surface area contributed by atoms with Gasteiger partial charge in [-0.15, -0.1) is 0 Å². The number of H-pyrrole nitrogens is 1. The number of esters is 1. The number of ether oxygens (including phenoxy) is 3. The average Bonchev–Trinajstić information content (AvgIpc) is 2.68. The molecule has 2 aromatic rings. The van der Waals surface area contributed by atoms with Gasteiger partial charge < -0.3 is 35.1 Å². The standard InChI is InChI=1S/C18H16Br2N2O9/c1-3-30-7-4-6(12(19)13(20)14(7)31-5-8(23)29-2)9-10(17(25)26)15(21)22-16(24)11(9)18(27)28/h4H,3,5H2,1-2H3,(H,25,26)(H,27,28)(H3,21,22,24). The van der Waals surface area contributed by atoms with E-state index in [1.165, 1.54) is 13.2 Å². The Morgan fingerprint density at radius 2 is 1.71 bits per heavy atom. The number of nitrogens with two attached hydrogens (primary N) is 1. The molecule has 13 heteroatoms. The number of aromatic nitrogens is 1. The molecule has 1 aromatic heterocycles. The number of halogens is 2. The number of aromatic carboxylic acids is 2. The molecule has 2 rings (SSSR count). The second-order valence-corrected chi connectivity index (χ2v) is 7.37. The fraction of sp³-hybridized carbons (Fsp3) is 0.222. The number of benzene rings is 1. The van der Waals surface area contributed by atoms with E-state index in [2.05, 4.69) is 36.6 Å². The first-order valence-electron chi connectivity index (χ1n) is 8.42. The zero-order chi connectivity index (χ0) is 23.5. The van der Waals surface area contributed by atoms with E-state index in [1.807, 2.05) is 4.98 Å². The van der Waals surface area contributed by atoms with Crippen molar-refractivity contribution in [3.05, 3.63) is 36.5 Å². The molecule has 0 fully saturated rings. The van der Waals surface area contributed by atoms with E-state index in [1.54, 1.807) is 6.92 Å². The van der Waals surface area contributed by atoms with Crippen molar-refractivity contribution in [2.45, 2.75) is 6.92 Å². The van der Waals surface area contributed by atoms with Gasteiger partial charge >= 0.3 is 17.9 Å². The van der Waals surface area contributed by atoms with Gasteiger partial charge in [-0.2, -0.15) is 0 Å². The Balaban J connectivity index is 2.92. The summed E-state index contributed by atoms with van der Waals surface area (Å²) in [4.78, 5) is 49.4. The summed E-state index contributed by atoms with van der Waals surface area (Å²) in [5.74, 6) is -4.30. The number of methoxy groups -OCH3 is 1. The van der Waals surface area contributed by atoms with Crippen LogP contribution in [0.15, 0.2) is 19.8 Å². The quantitative estimate of drug-likeness (QED) is 0.348. The third kappa shape index (κ3) is 4.82. The largest absolute Gasteiger partial charge is 0.490 e. The maximum atomic E-state index is 12.3. The summed E-state index contributed by atoms with van der Waals surface area (Å²) in [6.07, 6.45) is 0.